The average Bonchev–Trinajstić information content (AvgIpc) is 2.74. The third kappa shape index (κ3) is 3.98. The van der Waals surface area contributed by atoms with E-state index in [0.717, 1.165) is 62.0 Å². The van der Waals surface area contributed by atoms with E-state index in [1.54, 1.807) is 13.2 Å². The minimum absolute atomic E-state index is 0.0698. The molecule has 0 aliphatic carbocycles. The zero-order valence-electron chi connectivity index (χ0n) is 16.3. The second-order valence-corrected chi connectivity index (χ2v) is 7.19. The third-order valence-corrected chi connectivity index (χ3v) is 5.52. The fourth-order valence-corrected chi connectivity index (χ4v) is 3.99. The van der Waals surface area contributed by atoms with E-state index in [1.807, 2.05) is 36.7 Å². The summed E-state index contributed by atoms with van der Waals surface area (Å²) in [6.07, 6.45) is 6.57. The number of aromatic nitrogens is 1. The van der Waals surface area contributed by atoms with Crippen LogP contribution in [0.5, 0.6) is 5.75 Å². The first-order chi connectivity index (χ1) is 13.8. The maximum atomic E-state index is 12.7. The first kappa shape index (κ1) is 18.8. The SMILES string of the molecule is COc1ccccc1CC1NC=Cc2c1c(=O)ccn2CCN1CCOCC1. The van der Waals surface area contributed by atoms with Crippen LogP contribution in [0.3, 0.4) is 0 Å². The lowest BCUT2D eigenvalue weighted by atomic mass is 9.94. The Morgan fingerprint density at radius 3 is 2.82 bits per heavy atom. The van der Waals surface area contributed by atoms with Crippen molar-refractivity contribution in [3.8, 4) is 5.75 Å². The maximum Gasteiger partial charge on any atom is 0.187 e. The molecule has 1 atom stereocenters. The highest BCUT2D eigenvalue weighted by Gasteiger charge is 2.23. The van der Waals surface area contributed by atoms with E-state index in [1.165, 1.54) is 0 Å². The highest BCUT2D eigenvalue weighted by Crippen LogP contribution is 2.27. The molecule has 2 aromatic rings. The molecule has 0 bridgehead atoms. The van der Waals surface area contributed by atoms with Crippen molar-refractivity contribution in [2.45, 2.75) is 19.0 Å². The highest BCUT2D eigenvalue weighted by atomic mass is 16.5. The Hall–Kier alpha value is -2.57. The fourth-order valence-electron chi connectivity index (χ4n) is 3.99. The number of rotatable bonds is 6. The van der Waals surface area contributed by atoms with Crippen LogP contribution >= 0.6 is 0 Å². The van der Waals surface area contributed by atoms with Crippen molar-refractivity contribution in [3.63, 3.8) is 0 Å². The molecule has 1 aromatic heterocycles. The number of pyridine rings is 1. The summed E-state index contributed by atoms with van der Waals surface area (Å²) in [7, 11) is 1.68. The van der Waals surface area contributed by atoms with Gasteiger partial charge >= 0.3 is 0 Å². The predicted octanol–water partition coefficient (Wildman–Crippen LogP) is 2.05. The lowest BCUT2D eigenvalue weighted by Crippen LogP contribution is -2.38. The van der Waals surface area contributed by atoms with Crippen LogP contribution in [0.4, 0.5) is 0 Å². The molecule has 3 heterocycles. The van der Waals surface area contributed by atoms with Gasteiger partial charge in [-0.05, 0) is 23.9 Å². The van der Waals surface area contributed by atoms with Crippen molar-refractivity contribution in [1.29, 1.82) is 0 Å². The normalized spacial score (nSPS) is 19.1. The number of methoxy groups -OCH3 is 1. The van der Waals surface area contributed by atoms with E-state index in [9.17, 15) is 4.79 Å². The van der Waals surface area contributed by atoms with E-state index in [4.69, 9.17) is 9.47 Å². The number of ether oxygens (including phenoxy) is 2. The predicted molar refractivity (Wildman–Crippen MR) is 110 cm³/mol. The fraction of sp³-hybridized carbons (Fsp3) is 0.409. The molecule has 6 nitrogen and oxygen atoms in total. The Morgan fingerprint density at radius 1 is 1.18 bits per heavy atom. The Labute approximate surface area is 165 Å². The molecule has 1 N–H and O–H groups in total. The van der Waals surface area contributed by atoms with Crippen LogP contribution < -0.4 is 15.5 Å². The molecule has 1 unspecified atom stereocenters. The number of morpholine rings is 1. The molecule has 28 heavy (non-hydrogen) atoms. The summed E-state index contributed by atoms with van der Waals surface area (Å²) in [5.74, 6) is 0.851. The topological polar surface area (TPSA) is 55.7 Å². The summed E-state index contributed by atoms with van der Waals surface area (Å²) in [5, 5.41) is 3.37. The van der Waals surface area contributed by atoms with Crippen molar-refractivity contribution in [2.24, 2.45) is 0 Å². The van der Waals surface area contributed by atoms with Gasteiger partial charge in [-0.15, -0.1) is 0 Å². The first-order valence-electron chi connectivity index (χ1n) is 9.84. The molecule has 1 fully saturated rings. The quantitative estimate of drug-likeness (QED) is 0.830. The summed E-state index contributed by atoms with van der Waals surface area (Å²) in [4.78, 5) is 15.1. The molecule has 0 saturated carbocycles. The lowest BCUT2D eigenvalue weighted by molar-refractivity contribution is 0.0363. The standard InChI is InChI=1S/C22H27N3O3/c1-27-21-5-3-2-4-17(21)16-18-22-19(6-8-23-18)25(9-7-20(22)26)11-10-24-12-14-28-15-13-24/h2-9,18,23H,10-16H2,1H3. The maximum absolute atomic E-state index is 12.7. The van der Waals surface area contributed by atoms with Gasteiger partial charge in [0.15, 0.2) is 5.43 Å². The van der Waals surface area contributed by atoms with Crippen LogP contribution in [0.25, 0.3) is 6.08 Å². The number of nitrogens with one attached hydrogen (secondary N) is 1. The van der Waals surface area contributed by atoms with E-state index >= 15 is 0 Å². The molecule has 1 aromatic carbocycles. The number of hydrogen-bond acceptors (Lipinski definition) is 5. The zero-order valence-corrected chi connectivity index (χ0v) is 16.3. The largest absolute Gasteiger partial charge is 0.496 e. The molecule has 4 rings (SSSR count). The molecule has 1 saturated heterocycles. The van der Waals surface area contributed by atoms with Gasteiger partial charge in [0.2, 0.25) is 0 Å². The number of benzene rings is 1. The van der Waals surface area contributed by atoms with Crippen molar-refractivity contribution in [2.75, 3.05) is 40.0 Å². The van der Waals surface area contributed by atoms with Crippen LogP contribution in [-0.4, -0.2) is 49.4 Å². The van der Waals surface area contributed by atoms with Gasteiger partial charge in [0, 0.05) is 50.4 Å². The van der Waals surface area contributed by atoms with E-state index in [-0.39, 0.29) is 11.5 Å². The number of para-hydroxylation sites is 1. The number of nitrogens with zero attached hydrogens (tertiary/aromatic N) is 2. The lowest BCUT2D eigenvalue weighted by Gasteiger charge is -2.29. The molecule has 2 aliphatic heterocycles. The monoisotopic (exact) mass is 381 g/mol. The summed E-state index contributed by atoms with van der Waals surface area (Å²) < 4.78 is 13.1. The molecule has 2 aliphatic rings. The van der Waals surface area contributed by atoms with Gasteiger partial charge < -0.3 is 19.4 Å². The van der Waals surface area contributed by atoms with Gasteiger partial charge in [-0.2, -0.15) is 0 Å². The number of hydrogen-bond donors (Lipinski definition) is 1. The van der Waals surface area contributed by atoms with Gasteiger partial charge in [-0.1, -0.05) is 18.2 Å². The Morgan fingerprint density at radius 2 is 2.00 bits per heavy atom. The Kier molecular flexibility index (Phi) is 5.78. The highest BCUT2D eigenvalue weighted by molar-refractivity contribution is 5.54. The van der Waals surface area contributed by atoms with Gasteiger partial charge in [0.1, 0.15) is 5.75 Å². The summed E-state index contributed by atoms with van der Waals surface area (Å²) in [6, 6.07) is 9.60. The smallest absolute Gasteiger partial charge is 0.187 e. The summed E-state index contributed by atoms with van der Waals surface area (Å²) in [5.41, 5.74) is 3.00. The van der Waals surface area contributed by atoms with Gasteiger partial charge in [0.25, 0.3) is 0 Å². The Bertz CT molecular complexity index is 900. The van der Waals surface area contributed by atoms with Crippen molar-refractivity contribution in [3.05, 3.63) is 69.8 Å². The van der Waals surface area contributed by atoms with Crippen LogP contribution in [-0.2, 0) is 17.7 Å². The van der Waals surface area contributed by atoms with Gasteiger partial charge in [-0.3, -0.25) is 9.69 Å². The van der Waals surface area contributed by atoms with E-state index in [0.29, 0.717) is 6.42 Å². The molecular formula is C22H27N3O3. The average molecular weight is 381 g/mol. The molecule has 0 amide bonds. The first-order valence-corrected chi connectivity index (χ1v) is 9.84. The van der Waals surface area contributed by atoms with Crippen molar-refractivity contribution in [1.82, 2.24) is 14.8 Å². The van der Waals surface area contributed by atoms with E-state index < -0.39 is 0 Å². The van der Waals surface area contributed by atoms with E-state index in [2.05, 4.69) is 20.9 Å². The molecular weight excluding hydrogens is 354 g/mol. The van der Waals surface area contributed by atoms with Crippen molar-refractivity contribution < 1.29 is 9.47 Å². The second kappa shape index (κ2) is 8.63. The second-order valence-electron chi connectivity index (χ2n) is 7.19. The zero-order chi connectivity index (χ0) is 19.3. The summed E-state index contributed by atoms with van der Waals surface area (Å²) >= 11 is 0. The van der Waals surface area contributed by atoms with Crippen LogP contribution in [0.2, 0.25) is 0 Å². The molecule has 0 radical (unpaired) electrons. The minimum atomic E-state index is -0.0698. The van der Waals surface area contributed by atoms with Crippen LogP contribution in [0, 0.1) is 0 Å². The minimum Gasteiger partial charge on any atom is -0.496 e. The molecule has 0 spiro atoms. The van der Waals surface area contributed by atoms with Crippen LogP contribution in [0.15, 0.2) is 47.5 Å². The Balaban J connectivity index is 1.58. The third-order valence-electron chi connectivity index (χ3n) is 5.52. The van der Waals surface area contributed by atoms with Gasteiger partial charge in [-0.25, -0.2) is 0 Å². The van der Waals surface area contributed by atoms with Crippen molar-refractivity contribution >= 4 is 6.08 Å². The van der Waals surface area contributed by atoms with Gasteiger partial charge in [0.05, 0.1) is 32.1 Å². The molecule has 6 heteroatoms. The molecule has 148 valence electrons. The van der Waals surface area contributed by atoms with Crippen LogP contribution in [0.1, 0.15) is 22.9 Å². The number of fused-ring (bicyclic) bond motifs is 1. The summed E-state index contributed by atoms with van der Waals surface area (Å²) in [6.45, 7) is 5.35.